The number of carbonyl (C=O) groups is 1. The largest absolute Gasteiger partial charge is 0.361 e. The Bertz CT molecular complexity index is 949. The predicted molar refractivity (Wildman–Crippen MR) is 109 cm³/mol. The molecule has 27 heavy (non-hydrogen) atoms. The molecule has 0 aliphatic carbocycles. The van der Waals surface area contributed by atoms with E-state index in [0.717, 1.165) is 35.1 Å². The second-order valence-corrected chi connectivity index (χ2v) is 13.3. The van der Waals surface area contributed by atoms with E-state index < -0.39 is 8.07 Å². The fourth-order valence-corrected chi connectivity index (χ4v) is 3.47. The third-order valence-electron chi connectivity index (χ3n) is 4.10. The molecule has 1 N–H and O–H groups in total. The number of fused-ring (bicyclic) bond motifs is 1. The molecular weight excluding hydrogens is 358 g/mol. The quantitative estimate of drug-likeness (QED) is 0.496. The van der Waals surface area contributed by atoms with Crippen LogP contribution in [0.1, 0.15) is 6.92 Å². The molecule has 0 aromatic carbocycles. The van der Waals surface area contributed by atoms with Gasteiger partial charge in [-0.2, -0.15) is 0 Å². The maximum absolute atomic E-state index is 11.3. The van der Waals surface area contributed by atoms with Gasteiger partial charge in [0.15, 0.2) is 5.65 Å². The van der Waals surface area contributed by atoms with E-state index in [1.165, 1.54) is 6.92 Å². The first-order valence-electron chi connectivity index (χ1n) is 8.95. The number of nitrogens with one attached hydrogen (secondary N) is 1. The number of anilines is 1. The van der Waals surface area contributed by atoms with Gasteiger partial charge in [-0.15, -0.1) is 0 Å². The van der Waals surface area contributed by atoms with Crippen LogP contribution in [0.4, 0.5) is 5.82 Å². The van der Waals surface area contributed by atoms with Gasteiger partial charge in [0, 0.05) is 45.8 Å². The molecule has 0 radical (unpaired) electrons. The molecule has 0 aliphatic heterocycles. The molecule has 1 amide bonds. The van der Waals surface area contributed by atoms with Crippen LogP contribution in [0.2, 0.25) is 25.7 Å². The van der Waals surface area contributed by atoms with Gasteiger partial charge in [-0.3, -0.25) is 14.3 Å². The number of ether oxygens (including phenoxy) is 1. The number of hydrogen-bond donors (Lipinski definition) is 1. The van der Waals surface area contributed by atoms with Gasteiger partial charge < -0.3 is 10.1 Å². The average Bonchev–Trinajstić information content (AvgIpc) is 2.96. The Morgan fingerprint density at radius 2 is 1.93 bits per heavy atom. The fourth-order valence-electron chi connectivity index (χ4n) is 2.72. The van der Waals surface area contributed by atoms with Crippen molar-refractivity contribution in [3.63, 3.8) is 0 Å². The number of pyridine rings is 1. The summed E-state index contributed by atoms with van der Waals surface area (Å²) >= 11 is 0. The Labute approximate surface area is 159 Å². The molecule has 0 spiro atoms. The van der Waals surface area contributed by atoms with Crippen molar-refractivity contribution in [1.29, 1.82) is 0 Å². The molecule has 0 saturated carbocycles. The zero-order valence-electron chi connectivity index (χ0n) is 16.2. The monoisotopic (exact) mass is 383 g/mol. The molecular formula is C19H25N5O2Si. The Hall–Kier alpha value is -2.58. The first-order valence-corrected chi connectivity index (χ1v) is 12.7. The van der Waals surface area contributed by atoms with Crippen molar-refractivity contribution in [2.24, 2.45) is 0 Å². The summed E-state index contributed by atoms with van der Waals surface area (Å²) in [4.78, 5) is 24.4. The topological polar surface area (TPSA) is 81.9 Å². The zero-order chi connectivity index (χ0) is 19.4. The van der Waals surface area contributed by atoms with Gasteiger partial charge in [-0.05, 0) is 24.2 Å². The zero-order valence-corrected chi connectivity index (χ0v) is 17.2. The SMILES string of the molecule is CC(=O)Nc1cc(-c2cc3nccnc3n2COCC[Si](C)(C)C)ccn1. The number of nitrogens with zero attached hydrogens (tertiary/aromatic N) is 4. The molecule has 3 heterocycles. The molecule has 0 bridgehead atoms. The van der Waals surface area contributed by atoms with E-state index in [0.29, 0.717) is 12.5 Å². The van der Waals surface area contributed by atoms with Crippen molar-refractivity contribution in [1.82, 2.24) is 19.5 Å². The summed E-state index contributed by atoms with van der Waals surface area (Å²) in [6, 6.07) is 6.83. The van der Waals surface area contributed by atoms with Gasteiger partial charge in [0.05, 0.1) is 5.69 Å². The lowest BCUT2D eigenvalue weighted by molar-refractivity contribution is -0.114. The van der Waals surface area contributed by atoms with E-state index in [-0.39, 0.29) is 5.91 Å². The highest BCUT2D eigenvalue weighted by molar-refractivity contribution is 6.76. The van der Waals surface area contributed by atoms with Gasteiger partial charge in [-0.1, -0.05) is 19.6 Å². The van der Waals surface area contributed by atoms with Crippen LogP contribution in [-0.4, -0.2) is 40.1 Å². The molecule has 0 unspecified atom stereocenters. The Morgan fingerprint density at radius 1 is 1.15 bits per heavy atom. The first kappa shape index (κ1) is 19.2. The lowest BCUT2D eigenvalue weighted by Gasteiger charge is -2.16. The summed E-state index contributed by atoms with van der Waals surface area (Å²) in [6.45, 7) is 9.59. The van der Waals surface area contributed by atoms with Crippen LogP contribution in [-0.2, 0) is 16.3 Å². The molecule has 3 aromatic rings. The number of rotatable bonds is 7. The minimum absolute atomic E-state index is 0.154. The Kier molecular flexibility index (Phi) is 5.67. The van der Waals surface area contributed by atoms with Crippen molar-refractivity contribution in [2.45, 2.75) is 39.3 Å². The Morgan fingerprint density at radius 3 is 2.67 bits per heavy atom. The Balaban J connectivity index is 1.92. The number of carbonyl (C=O) groups excluding carboxylic acids is 1. The van der Waals surface area contributed by atoms with Crippen LogP contribution in [0.3, 0.4) is 0 Å². The second kappa shape index (κ2) is 7.97. The van der Waals surface area contributed by atoms with E-state index in [4.69, 9.17) is 4.74 Å². The third-order valence-corrected chi connectivity index (χ3v) is 5.81. The maximum Gasteiger partial charge on any atom is 0.222 e. The van der Waals surface area contributed by atoms with Crippen molar-refractivity contribution in [3.8, 4) is 11.3 Å². The third kappa shape index (κ3) is 4.99. The lowest BCUT2D eigenvalue weighted by Crippen LogP contribution is -2.22. The van der Waals surface area contributed by atoms with Crippen LogP contribution < -0.4 is 5.32 Å². The summed E-state index contributed by atoms with van der Waals surface area (Å²) < 4.78 is 7.98. The van der Waals surface area contributed by atoms with Gasteiger partial charge in [0.1, 0.15) is 18.1 Å². The minimum atomic E-state index is -1.14. The van der Waals surface area contributed by atoms with Crippen molar-refractivity contribution >= 4 is 31.0 Å². The summed E-state index contributed by atoms with van der Waals surface area (Å²) in [7, 11) is -1.14. The van der Waals surface area contributed by atoms with Gasteiger partial charge in [-0.25, -0.2) is 9.97 Å². The van der Waals surface area contributed by atoms with Gasteiger partial charge in [0.25, 0.3) is 0 Å². The van der Waals surface area contributed by atoms with E-state index in [2.05, 4.69) is 39.9 Å². The van der Waals surface area contributed by atoms with E-state index in [9.17, 15) is 4.79 Å². The van der Waals surface area contributed by atoms with Crippen molar-refractivity contribution in [2.75, 3.05) is 11.9 Å². The summed E-state index contributed by atoms with van der Waals surface area (Å²) in [5.41, 5.74) is 3.43. The highest BCUT2D eigenvalue weighted by atomic mass is 28.3. The van der Waals surface area contributed by atoms with Gasteiger partial charge in [0.2, 0.25) is 5.91 Å². The number of hydrogen-bond acceptors (Lipinski definition) is 5. The molecule has 0 aliphatic rings. The molecule has 142 valence electrons. The van der Waals surface area contributed by atoms with Crippen LogP contribution in [0.25, 0.3) is 22.4 Å². The van der Waals surface area contributed by atoms with E-state index in [1.807, 2.05) is 22.8 Å². The molecule has 3 aromatic heterocycles. The van der Waals surface area contributed by atoms with Crippen molar-refractivity contribution < 1.29 is 9.53 Å². The van der Waals surface area contributed by atoms with Crippen LogP contribution >= 0.6 is 0 Å². The molecule has 7 nitrogen and oxygen atoms in total. The number of amides is 1. The summed E-state index contributed by atoms with van der Waals surface area (Å²) in [6.07, 6.45) is 5.04. The molecule has 0 saturated heterocycles. The van der Waals surface area contributed by atoms with Gasteiger partial charge >= 0.3 is 0 Å². The minimum Gasteiger partial charge on any atom is -0.361 e. The lowest BCUT2D eigenvalue weighted by atomic mass is 10.2. The highest BCUT2D eigenvalue weighted by Gasteiger charge is 2.15. The van der Waals surface area contributed by atoms with Crippen molar-refractivity contribution in [3.05, 3.63) is 36.8 Å². The van der Waals surface area contributed by atoms with Crippen LogP contribution in [0, 0.1) is 0 Å². The normalized spacial score (nSPS) is 11.7. The fraction of sp³-hybridized carbons (Fsp3) is 0.368. The molecule has 8 heteroatoms. The number of aromatic nitrogens is 4. The second-order valence-electron chi connectivity index (χ2n) is 7.68. The highest BCUT2D eigenvalue weighted by Crippen LogP contribution is 2.27. The van der Waals surface area contributed by atoms with E-state index >= 15 is 0 Å². The van der Waals surface area contributed by atoms with Crippen LogP contribution in [0.15, 0.2) is 36.8 Å². The first-order chi connectivity index (χ1) is 12.8. The smallest absolute Gasteiger partial charge is 0.222 e. The molecule has 3 rings (SSSR count). The standard InChI is InChI=1S/C19H25N5O2Si/c1-14(25)23-18-11-15(5-6-21-18)17-12-16-19(22-8-7-20-16)24(17)13-26-9-10-27(2,3)4/h5-8,11-12H,9-10,13H2,1-4H3,(H,21,23,25). The molecule has 0 atom stereocenters. The predicted octanol–water partition coefficient (Wildman–Crippen LogP) is 3.76. The summed E-state index contributed by atoms with van der Waals surface area (Å²) in [5, 5.41) is 2.72. The summed E-state index contributed by atoms with van der Waals surface area (Å²) in [5.74, 6) is 0.357. The molecule has 0 fully saturated rings. The average molecular weight is 384 g/mol. The maximum atomic E-state index is 11.3. The van der Waals surface area contributed by atoms with Crippen LogP contribution in [0.5, 0.6) is 0 Å². The van der Waals surface area contributed by atoms with E-state index in [1.54, 1.807) is 18.6 Å².